The zero-order valence-corrected chi connectivity index (χ0v) is 13.6. The van der Waals surface area contributed by atoms with E-state index in [2.05, 4.69) is 38.6 Å². The fourth-order valence-electron chi connectivity index (χ4n) is 1.32. The fraction of sp³-hybridized carbons (Fsp3) is 0.571. The van der Waals surface area contributed by atoms with Crippen LogP contribution in [-0.2, 0) is 4.18 Å². The summed E-state index contributed by atoms with van der Waals surface area (Å²) in [5.41, 5.74) is 0.966. The van der Waals surface area contributed by atoms with Crippen LogP contribution in [0.25, 0.3) is 0 Å². The molecular formula is C14H24N2O3S. The molecule has 0 spiro atoms. The van der Waals surface area contributed by atoms with Crippen LogP contribution in [0, 0.1) is 10.1 Å². The first-order valence-corrected chi connectivity index (χ1v) is 8.86. The van der Waals surface area contributed by atoms with Crippen LogP contribution in [0.1, 0.15) is 20.8 Å². The van der Waals surface area contributed by atoms with Gasteiger partial charge in [-0.05, 0) is 24.6 Å². The number of hydrogen-bond donors (Lipinski definition) is 1. The van der Waals surface area contributed by atoms with Gasteiger partial charge in [0.2, 0.25) is 0 Å². The number of non-ortho nitro benzene ring substituents is 1. The van der Waals surface area contributed by atoms with Crippen LogP contribution in [0.3, 0.4) is 0 Å². The Morgan fingerprint density at radius 2 is 1.80 bits per heavy atom. The van der Waals surface area contributed by atoms with Crippen molar-refractivity contribution in [3.8, 4) is 0 Å². The Morgan fingerprint density at radius 3 is 2.25 bits per heavy atom. The van der Waals surface area contributed by atoms with Gasteiger partial charge in [0.05, 0.1) is 11.5 Å². The van der Waals surface area contributed by atoms with Crippen LogP contribution in [0.2, 0.25) is 0 Å². The minimum Gasteiger partial charge on any atom is -0.383 e. The van der Waals surface area contributed by atoms with Crippen molar-refractivity contribution < 1.29 is 9.11 Å². The Kier molecular flexibility index (Phi) is 5.42. The van der Waals surface area contributed by atoms with Gasteiger partial charge >= 0.3 is 0 Å². The van der Waals surface area contributed by atoms with Gasteiger partial charge in [-0.25, -0.2) is 0 Å². The molecule has 0 bridgehead atoms. The third kappa shape index (κ3) is 4.68. The number of nitro benzene ring substituents is 1. The molecule has 0 aliphatic heterocycles. The molecule has 5 nitrogen and oxygen atoms in total. The van der Waals surface area contributed by atoms with Gasteiger partial charge in [0.25, 0.3) is 5.69 Å². The molecule has 20 heavy (non-hydrogen) atoms. The van der Waals surface area contributed by atoms with Gasteiger partial charge in [0, 0.05) is 29.1 Å². The molecule has 0 atom stereocenters. The molecule has 0 saturated heterocycles. The van der Waals surface area contributed by atoms with E-state index in [-0.39, 0.29) is 10.4 Å². The Morgan fingerprint density at radius 1 is 1.25 bits per heavy atom. The highest BCUT2D eigenvalue weighted by molar-refractivity contribution is 8.29. The largest absolute Gasteiger partial charge is 0.383 e. The van der Waals surface area contributed by atoms with Gasteiger partial charge < -0.3 is 9.50 Å². The second-order valence-electron chi connectivity index (χ2n) is 5.90. The molecule has 0 fully saturated rings. The van der Waals surface area contributed by atoms with Gasteiger partial charge in [-0.3, -0.25) is 10.1 Å². The molecule has 0 saturated carbocycles. The van der Waals surface area contributed by atoms with E-state index in [4.69, 9.17) is 4.18 Å². The molecular weight excluding hydrogens is 276 g/mol. The highest BCUT2D eigenvalue weighted by Gasteiger charge is 2.28. The van der Waals surface area contributed by atoms with Crippen LogP contribution < -0.4 is 5.32 Å². The number of nitrogens with zero attached hydrogens (tertiary/aromatic N) is 1. The van der Waals surface area contributed by atoms with Gasteiger partial charge in [-0.15, -0.1) is 10.3 Å². The average Bonchev–Trinajstić information content (AvgIpc) is 2.34. The van der Waals surface area contributed by atoms with Gasteiger partial charge in [0.1, 0.15) is 0 Å². The Balaban J connectivity index is 2.40. The molecule has 114 valence electrons. The average molecular weight is 300 g/mol. The molecule has 6 heteroatoms. The van der Waals surface area contributed by atoms with Crippen LogP contribution >= 0.6 is 10.3 Å². The lowest BCUT2D eigenvalue weighted by molar-refractivity contribution is -0.384. The molecule has 1 aromatic rings. The van der Waals surface area contributed by atoms with Crippen molar-refractivity contribution >= 4 is 21.7 Å². The number of rotatable bonds is 6. The maximum absolute atomic E-state index is 10.5. The van der Waals surface area contributed by atoms with Crippen LogP contribution in [0.15, 0.2) is 24.3 Å². The van der Waals surface area contributed by atoms with E-state index in [0.717, 1.165) is 5.69 Å². The molecule has 0 aliphatic carbocycles. The first kappa shape index (κ1) is 16.8. The molecule has 1 N–H and O–H groups in total. The smallest absolute Gasteiger partial charge is 0.269 e. The van der Waals surface area contributed by atoms with Crippen molar-refractivity contribution in [2.45, 2.75) is 25.5 Å². The lowest BCUT2D eigenvalue weighted by Gasteiger charge is -2.43. The lowest BCUT2D eigenvalue weighted by atomic mass is 10.3. The molecule has 0 radical (unpaired) electrons. The fourth-order valence-corrected chi connectivity index (χ4v) is 2.18. The van der Waals surface area contributed by atoms with Crippen molar-refractivity contribution in [1.29, 1.82) is 0 Å². The predicted octanol–water partition coefficient (Wildman–Crippen LogP) is 3.80. The topological polar surface area (TPSA) is 64.4 Å². The van der Waals surface area contributed by atoms with Crippen LogP contribution in [0.5, 0.6) is 0 Å². The Hall–Kier alpha value is -1.27. The predicted molar refractivity (Wildman–Crippen MR) is 86.7 cm³/mol. The minimum atomic E-state index is -1.10. The third-order valence-corrected chi connectivity index (χ3v) is 7.07. The highest BCUT2D eigenvalue weighted by Crippen LogP contribution is 2.53. The molecule has 0 aliphatic rings. The lowest BCUT2D eigenvalue weighted by Crippen LogP contribution is -2.26. The second kappa shape index (κ2) is 6.45. The summed E-state index contributed by atoms with van der Waals surface area (Å²) in [6.07, 6.45) is 4.33. The maximum Gasteiger partial charge on any atom is 0.269 e. The van der Waals surface area contributed by atoms with E-state index in [1.54, 1.807) is 12.1 Å². The summed E-state index contributed by atoms with van der Waals surface area (Å²) in [4.78, 5) is 10.1. The normalized spacial score (nSPS) is 13.1. The van der Waals surface area contributed by atoms with Crippen molar-refractivity contribution in [2.75, 3.05) is 31.0 Å². The monoisotopic (exact) mass is 300 g/mol. The summed E-state index contributed by atoms with van der Waals surface area (Å²) in [6, 6.07) is 6.40. The van der Waals surface area contributed by atoms with Crippen LogP contribution in [-0.4, -0.2) is 35.3 Å². The molecule has 0 heterocycles. The van der Waals surface area contributed by atoms with Gasteiger partial charge in [0.15, 0.2) is 0 Å². The number of hydrogen-bond acceptors (Lipinski definition) is 4. The van der Waals surface area contributed by atoms with Crippen molar-refractivity contribution in [3.63, 3.8) is 0 Å². The van der Waals surface area contributed by atoms with Gasteiger partial charge in [-0.2, -0.15) is 0 Å². The summed E-state index contributed by atoms with van der Waals surface area (Å²) in [7, 11) is -1.10. The van der Waals surface area contributed by atoms with Crippen molar-refractivity contribution in [2.24, 2.45) is 0 Å². The quantitative estimate of drug-likeness (QED) is 0.493. The van der Waals surface area contributed by atoms with Crippen molar-refractivity contribution in [1.82, 2.24) is 0 Å². The zero-order chi connectivity index (χ0) is 15.4. The minimum absolute atomic E-state index is 0.102. The zero-order valence-electron chi connectivity index (χ0n) is 12.8. The van der Waals surface area contributed by atoms with E-state index < -0.39 is 15.2 Å². The number of benzene rings is 1. The number of anilines is 1. The van der Waals surface area contributed by atoms with E-state index in [1.165, 1.54) is 12.1 Å². The Bertz CT molecular complexity index is 452. The number of nitrogens with one attached hydrogen (secondary N) is 1. The summed E-state index contributed by atoms with van der Waals surface area (Å²) in [5.74, 6) is 0. The van der Waals surface area contributed by atoms with Crippen molar-refractivity contribution in [3.05, 3.63) is 34.4 Å². The molecule has 1 rings (SSSR count). The summed E-state index contributed by atoms with van der Waals surface area (Å²) in [6.45, 7) is 7.87. The Labute approximate surface area is 122 Å². The first-order valence-electron chi connectivity index (χ1n) is 6.49. The first-order chi connectivity index (χ1) is 9.13. The molecule has 0 unspecified atom stereocenters. The van der Waals surface area contributed by atoms with Gasteiger partial charge in [-0.1, -0.05) is 20.8 Å². The van der Waals surface area contributed by atoms with E-state index in [1.807, 2.05) is 0 Å². The summed E-state index contributed by atoms with van der Waals surface area (Å²) in [5, 5.41) is 13.7. The van der Waals surface area contributed by atoms with Crippen LogP contribution in [0.4, 0.5) is 11.4 Å². The van der Waals surface area contributed by atoms with E-state index in [0.29, 0.717) is 13.2 Å². The molecule has 0 amide bonds. The van der Waals surface area contributed by atoms with E-state index in [9.17, 15) is 10.1 Å². The SMILES string of the molecule is CC(C)(C)S(C)(C)OCCNc1ccc([N+](=O)[O-])cc1. The summed E-state index contributed by atoms with van der Waals surface area (Å²) < 4.78 is 6.14. The second-order valence-corrected chi connectivity index (χ2v) is 9.83. The number of nitro groups is 1. The molecule has 1 aromatic carbocycles. The highest BCUT2D eigenvalue weighted by atomic mass is 32.3. The maximum atomic E-state index is 10.5. The summed E-state index contributed by atoms with van der Waals surface area (Å²) >= 11 is 0. The van der Waals surface area contributed by atoms with E-state index >= 15 is 0 Å². The standard InChI is InChI=1S/C14H24N2O3S/c1-14(2,3)20(4,5)19-11-10-15-12-6-8-13(9-7-12)16(17)18/h6-9,15H,10-11H2,1-5H3. The molecule has 0 aromatic heterocycles. The third-order valence-electron chi connectivity index (χ3n) is 3.36.